The maximum atomic E-state index is 10.6. The number of Topliss-reactive ketones (excluding diaryl/α,β-unsaturated/α-hetero) is 1. The number of rotatable bonds is 4. The van der Waals surface area contributed by atoms with Gasteiger partial charge in [0.05, 0.1) is 6.42 Å². The molecule has 0 aliphatic rings. The Kier molecular flexibility index (Phi) is 6.63. The van der Waals surface area contributed by atoms with Crippen LogP contribution in [0.25, 0.3) is 0 Å². The van der Waals surface area contributed by atoms with E-state index in [4.69, 9.17) is 15.3 Å². The summed E-state index contributed by atoms with van der Waals surface area (Å²) < 4.78 is 0. The SMILES string of the molecule is CC(=O)Cc1cccc(O)c1.O=C(O)Cc1cccc(O)c1. The van der Waals surface area contributed by atoms with Gasteiger partial charge >= 0.3 is 5.97 Å². The second-order valence-corrected chi connectivity index (χ2v) is 4.79. The summed E-state index contributed by atoms with van der Waals surface area (Å²) >= 11 is 0. The lowest BCUT2D eigenvalue weighted by molar-refractivity contribution is -0.136. The Bertz CT molecular complexity index is 592. The van der Waals surface area contributed by atoms with E-state index in [-0.39, 0.29) is 23.7 Å². The van der Waals surface area contributed by atoms with Gasteiger partial charge in [0.15, 0.2) is 0 Å². The van der Waals surface area contributed by atoms with Crippen molar-refractivity contribution in [1.82, 2.24) is 0 Å². The quantitative estimate of drug-likeness (QED) is 0.806. The molecule has 0 fully saturated rings. The number of carbonyl (C=O) groups excluding carboxylic acids is 1. The van der Waals surface area contributed by atoms with E-state index in [1.807, 2.05) is 6.07 Å². The first-order chi connectivity index (χ1) is 10.4. The third-order valence-electron chi connectivity index (χ3n) is 2.63. The molecule has 0 bridgehead atoms. The number of carbonyl (C=O) groups is 2. The van der Waals surface area contributed by atoms with Gasteiger partial charge in [0, 0.05) is 6.42 Å². The van der Waals surface area contributed by atoms with E-state index in [0.29, 0.717) is 12.0 Å². The van der Waals surface area contributed by atoms with Crippen LogP contribution in [0, 0.1) is 0 Å². The first kappa shape index (κ1) is 17.2. The van der Waals surface area contributed by atoms with Crippen LogP contribution in [0.3, 0.4) is 0 Å². The highest BCUT2D eigenvalue weighted by Crippen LogP contribution is 2.11. The summed E-state index contributed by atoms with van der Waals surface area (Å²) in [5.74, 6) is -0.473. The summed E-state index contributed by atoms with van der Waals surface area (Å²) in [4.78, 5) is 20.8. The molecule has 0 aliphatic carbocycles. The zero-order chi connectivity index (χ0) is 16.5. The molecule has 0 spiro atoms. The number of hydrogen-bond acceptors (Lipinski definition) is 4. The molecule has 0 unspecified atom stereocenters. The number of carboxylic acid groups (broad SMARTS) is 1. The molecule has 5 nitrogen and oxygen atoms in total. The molecule has 0 aliphatic heterocycles. The second-order valence-electron chi connectivity index (χ2n) is 4.79. The highest BCUT2D eigenvalue weighted by atomic mass is 16.4. The fourth-order valence-corrected chi connectivity index (χ4v) is 1.79. The van der Waals surface area contributed by atoms with Crippen LogP contribution in [0.15, 0.2) is 48.5 Å². The minimum atomic E-state index is -0.893. The van der Waals surface area contributed by atoms with Crippen LogP contribution in [0.2, 0.25) is 0 Å². The first-order valence-corrected chi connectivity index (χ1v) is 6.64. The molecular weight excluding hydrogens is 284 g/mol. The lowest BCUT2D eigenvalue weighted by Crippen LogP contribution is -1.99. The Balaban J connectivity index is 0.000000220. The van der Waals surface area contributed by atoms with Crippen molar-refractivity contribution in [3.8, 4) is 11.5 Å². The van der Waals surface area contributed by atoms with E-state index in [9.17, 15) is 9.59 Å². The van der Waals surface area contributed by atoms with Crippen LogP contribution in [0.4, 0.5) is 0 Å². The molecule has 3 N–H and O–H groups in total. The van der Waals surface area contributed by atoms with Crippen molar-refractivity contribution in [1.29, 1.82) is 0 Å². The third kappa shape index (κ3) is 7.09. The highest BCUT2D eigenvalue weighted by Gasteiger charge is 1.99. The predicted octanol–water partition coefficient (Wildman–Crippen LogP) is 2.54. The first-order valence-electron chi connectivity index (χ1n) is 6.64. The van der Waals surface area contributed by atoms with Gasteiger partial charge in [-0.25, -0.2) is 0 Å². The number of benzene rings is 2. The van der Waals surface area contributed by atoms with Crippen LogP contribution in [-0.4, -0.2) is 27.1 Å². The number of aliphatic carboxylic acids is 1. The summed E-state index contributed by atoms with van der Waals surface area (Å²) in [6.07, 6.45) is 0.350. The fraction of sp³-hybridized carbons (Fsp3) is 0.176. The molecule has 0 radical (unpaired) electrons. The molecule has 116 valence electrons. The van der Waals surface area contributed by atoms with Crippen LogP contribution < -0.4 is 0 Å². The predicted molar refractivity (Wildman–Crippen MR) is 81.9 cm³/mol. The molecule has 22 heavy (non-hydrogen) atoms. The van der Waals surface area contributed by atoms with Gasteiger partial charge in [-0.1, -0.05) is 24.3 Å². The van der Waals surface area contributed by atoms with Crippen molar-refractivity contribution < 1.29 is 24.9 Å². The van der Waals surface area contributed by atoms with Crippen molar-refractivity contribution >= 4 is 11.8 Å². The van der Waals surface area contributed by atoms with Gasteiger partial charge < -0.3 is 15.3 Å². The van der Waals surface area contributed by atoms with Crippen molar-refractivity contribution in [3.05, 3.63) is 59.7 Å². The van der Waals surface area contributed by atoms with Gasteiger partial charge in [0.1, 0.15) is 17.3 Å². The summed E-state index contributed by atoms with van der Waals surface area (Å²) in [5, 5.41) is 26.3. The van der Waals surface area contributed by atoms with Crippen molar-refractivity contribution in [3.63, 3.8) is 0 Å². The van der Waals surface area contributed by atoms with Gasteiger partial charge in [0.2, 0.25) is 0 Å². The van der Waals surface area contributed by atoms with Gasteiger partial charge in [-0.15, -0.1) is 0 Å². The molecule has 0 aromatic heterocycles. The summed E-state index contributed by atoms with van der Waals surface area (Å²) in [6.45, 7) is 1.53. The van der Waals surface area contributed by atoms with Crippen molar-refractivity contribution in [2.45, 2.75) is 19.8 Å². The zero-order valence-electron chi connectivity index (χ0n) is 12.2. The van der Waals surface area contributed by atoms with Crippen LogP contribution in [0.5, 0.6) is 11.5 Å². The lowest BCUT2D eigenvalue weighted by atomic mass is 10.1. The normalized spacial score (nSPS) is 9.50. The topological polar surface area (TPSA) is 94.8 Å². The Morgan fingerprint density at radius 1 is 0.864 bits per heavy atom. The summed E-state index contributed by atoms with van der Waals surface area (Å²) in [6, 6.07) is 13.0. The Hall–Kier alpha value is -2.82. The number of ketones is 1. The van der Waals surface area contributed by atoms with Gasteiger partial charge in [-0.3, -0.25) is 9.59 Å². The number of hydrogen-bond donors (Lipinski definition) is 3. The molecule has 2 aromatic rings. The van der Waals surface area contributed by atoms with E-state index in [0.717, 1.165) is 5.56 Å². The zero-order valence-corrected chi connectivity index (χ0v) is 12.2. The standard InChI is InChI=1S/C9H10O2.C8H8O3/c1-7(10)5-8-3-2-4-9(11)6-8;9-7-3-1-2-6(4-7)5-8(10)11/h2-4,6,11H,5H2,1H3;1-4,9H,5H2,(H,10,11). The smallest absolute Gasteiger partial charge is 0.307 e. The monoisotopic (exact) mass is 302 g/mol. The summed E-state index contributed by atoms with van der Waals surface area (Å²) in [5.41, 5.74) is 1.47. The highest BCUT2D eigenvalue weighted by molar-refractivity contribution is 5.78. The number of aromatic hydroxyl groups is 2. The van der Waals surface area contributed by atoms with Gasteiger partial charge in [-0.05, 0) is 42.3 Å². The minimum absolute atomic E-state index is 0.0472. The minimum Gasteiger partial charge on any atom is -0.508 e. The van der Waals surface area contributed by atoms with E-state index >= 15 is 0 Å². The van der Waals surface area contributed by atoms with Gasteiger partial charge in [-0.2, -0.15) is 0 Å². The average Bonchev–Trinajstić information content (AvgIpc) is 2.37. The molecule has 0 heterocycles. The Morgan fingerprint density at radius 3 is 1.68 bits per heavy atom. The largest absolute Gasteiger partial charge is 0.508 e. The lowest BCUT2D eigenvalue weighted by Gasteiger charge is -1.96. The molecule has 0 saturated heterocycles. The maximum absolute atomic E-state index is 10.6. The van der Waals surface area contributed by atoms with Crippen LogP contribution in [-0.2, 0) is 22.4 Å². The molecule has 0 atom stereocenters. The molecule has 0 amide bonds. The Morgan fingerprint density at radius 2 is 1.32 bits per heavy atom. The Labute approximate surface area is 128 Å². The van der Waals surface area contributed by atoms with Crippen molar-refractivity contribution in [2.24, 2.45) is 0 Å². The number of carboxylic acids is 1. The van der Waals surface area contributed by atoms with E-state index < -0.39 is 5.97 Å². The van der Waals surface area contributed by atoms with E-state index in [1.165, 1.54) is 19.1 Å². The van der Waals surface area contributed by atoms with Crippen LogP contribution >= 0.6 is 0 Å². The fourth-order valence-electron chi connectivity index (χ4n) is 1.79. The van der Waals surface area contributed by atoms with Crippen LogP contribution in [0.1, 0.15) is 18.1 Å². The average molecular weight is 302 g/mol. The third-order valence-corrected chi connectivity index (χ3v) is 2.63. The number of phenolic OH excluding ortho intramolecular Hbond substituents is 2. The molecule has 0 saturated carbocycles. The van der Waals surface area contributed by atoms with Crippen molar-refractivity contribution in [2.75, 3.05) is 0 Å². The van der Waals surface area contributed by atoms with Gasteiger partial charge in [0.25, 0.3) is 0 Å². The summed E-state index contributed by atoms with van der Waals surface area (Å²) in [7, 11) is 0. The maximum Gasteiger partial charge on any atom is 0.307 e. The van der Waals surface area contributed by atoms with E-state index in [2.05, 4.69) is 0 Å². The number of phenols is 2. The van der Waals surface area contributed by atoms with E-state index in [1.54, 1.807) is 30.3 Å². The molecular formula is C17H18O5. The molecule has 2 aromatic carbocycles. The molecule has 2 rings (SSSR count). The second kappa shape index (κ2) is 8.46. The molecule has 5 heteroatoms.